The van der Waals surface area contributed by atoms with E-state index in [9.17, 15) is 4.79 Å². The molecule has 2 aliphatic heterocycles. The summed E-state index contributed by atoms with van der Waals surface area (Å²) in [6, 6.07) is 19.4. The van der Waals surface area contributed by atoms with Gasteiger partial charge in [-0.15, -0.1) is 24.0 Å². The van der Waals surface area contributed by atoms with E-state index in [4.69, 9.17) is 0 Å². The second-order valence-electron chi connectivity index (χ2n) is 8.87. The number of rotatable bonds is 5. The van der Waals surface area contributed by atoms with Gasteiger partial charge < -0.3 is 15.1 Å². The Bertz CT molecular complexity index is 917. The molecule has 1 N–H and O–H groups in total. The van der Waals surface area contributed by atoms with Gasteiger partial charge in [-0.3, -0.25) is 9.79 Å². The van der Waals surface area contributed by atoms with E-state index in [0.717, 1.165) is 45.0 Å². The molecule has 0 saturated carbocycles. The molecular weight excluding hydrogens is 511 g/mol. The number of benzene rings is 2. The Labute approximate surface area is 209 Å². The van der Waals surface area contributed by atoms with Gasteiger partial charge in [-0.25, -0.2) is 0 Å². The van der Waals surface area contributed by atoms with E-state index < -0.39 is 0 Å². The van der Waals surface area contributed by atoms with Crippen LogP contribution >= 0.6 is 24.0 Å². The van der Waals surface area contributed by atoms with Crippen LogP contribution in [-0.2, 0) is 17.9 Å². The summed E-state index contributed by atoms with van der Waals surface area (Å²) in [6.07, 6.45) is 2.82. The second-order valence-corrected chi connectivity index (χ2v) is 8.87. The quantitative estimate of drug-likeness (QED) is 0.338. The average Bonchev–Trinajstić information content (AvgIpc) is 3.19. The van der Waals surface area contributed by atoms with Crippen LogP contribution in [0.25, 0.3) is 0 Å². The number of halogens is 1. The van der Waals surface area contributed by atoms with E-state index in [1.165, 1.54) is 16.7 Å². The van der Waals surface area contributed by atoms with E-state index in [-0.39, 0.29) is 29.9 Å². The highest BCUT2D eigenvalue weighted by molar-refractivity contribution is 14.0. The number of likely N-dealkylation sites (tertiary alicyclic amines) is 2. The SMILES string of the molecule is CN=C(NCc1cccc(CN2CCCC2=O)c1)N1CCC(c2ccccc2)C(C)C1.I. The molecule has 32 heavy (non-hydrogen) atoms. The predicted molar refractivity (Wildman–Crippen MR) is 141 cm³/mol. The first-order chi connectivity index (χ1) is 15.1. The monoisotopic (exact) mass is 546 g/mol. The van der Waals surface area contributed by atoms with Crippen molar-refractivity contribution >= 4 is 35.8 Å². The third kappa shape index (κ3) is 6.03. The largest absolute Gasteiger partial charge is 0.352 e. The van der Waals surface area contributed by atoms with Gasteiger partial charge in [0.2, 0.25) is 5.91 Å². The Hall–Kier alpha value is -2.09. The number of carbonyl (C=O) groups is 1. The predicted octanol–water partition coefficient (Wildman–Crippen LogP) is 4.63. The molecule has 0 aliphatic carbocycles. The molecule has 2 heterocycles. The molecular formula is C26H35IN4O. The highest BCUT2D eigenvalue weighted by atomic mass is 127. The van der Waals surface area contributed by atoms with E-state index in [0.29, 0.717) is 24.8 Å². The summed E-state index contributed by atoms with van der Waals surface area (Å²) in [7, 11) is 1.87. The zero-order chi connectivity index (χ0) is 21.6. The normalized spacial score (nSPS) is 21.4. The van der Waals surface area contributed by atoms with E-state index in [1.807, 2.05) is 11.9 Å². The van der Waals surface area contributed by atoms with E-state index >= 15 is 0 Å². The Balaban J connectivity index is 0.00000289. The highest BCUT2D eigenvalue weighted by Gasteiger charge is 2.28. The first kappa shape index (κ1) is 24.6. The first-order valence-corrected chi connectivity index (χ1v) is 11.5. The number of hydrogen-bond acceptors (Lipinski definition) is 2. The summed E-state index contributed by atoms with van der Waals surface area (Å²) in [5, 5.41) is 3.56. The van der Waals surface area contributed by atoms with Crippen LogP contribution in [0.4, 0.5) is 0 Å². The molecule has 6 heteroatoms. The lowest BCUT2D eigenvalue weighted by Gasteiger charge is -2.39. The fourth-order valence-electron chi connectivity index (χ4n) is 4.98. The molecule has 0 spiro atoms. The number of hydrogen-bond donors (Lipinski definition) is 1. The summed E-state index contributed by atoms with van der Waals surface area (Å²) in [6.45, 7) is 6.70. The number of carbonyl (C=O) groups excluding carboxylic acids is 1. The molecule has 1 amide bonds. The van der Waals surface area contributed by atoms with Crippen molar-refractivity contribution in [3.8, 4) is 0 Å². The Morgan fingerprint density at radius 2 is 1.88 bits per heavy atom. The van der Waals surface area contributed by atoms with Crippen LogP contribution in [0.15, 0.2) is 59.6 Å². The highest BCUT2D eigenvalue weighted by Crippen LogP contribution is 2.32. The summed E-state index contributed by atoms with van der Waals surface area (Å²) < 4.78 is 0. The van der Waals surface area contributed by atoms with Gasteiger partial charge in [-0.05, 0) is 41.4 Å². The zero-order valence-corrected chi connectivity index (χ0v) is 21.5. The molecule has 0 radical (unpaired) electrons. The Morgan fingerprint density at radius 1 is 1.09 bits per heavy atom. The molecule has 2 aromatic carbocycles. The van der Waals surface area contributed by atoms with Crippen molar-refractivity contribution in [2.75, 3.05) is 26.7 Å². The lowest BCUT2D eigenvalue weighted by molar-refractivity contribution is -0.128. The van der Waals surface area contributed by atoms with Gasteiger partial charge in [-0.1, -0.05) is 61.5 Å². The number of piperidine rings is 1. The van der Waals surface area contributed by atoms with Gasteiger partial charge in [0, 0.05) is 46.2 Å². The molecule has 2 fully saturated rings. The van der Waals surface area contributed by atoms with Gasteiger partial charge in [0.15, 0.2) is 5.96 Å². The maximum atomic E-state index is 11.9. The number of aliphatic imine (C=N–C) groups is 1. The molecule has 2 atom stereocenters. The maximum Gasteiger partial charge on any atom is 0.222 e. The Kier molecular flexibility index (Phi) is 8.96. The lowest BCUT2D eigenvalue weighted by Crippen LogP contribution is -2.47. The van der Waals surface area contributed by atoms with Crippen LogP contribution in [0.5, 0.6) is 0 Å². The van der Waals surface area contributed by atoms with Crippen LogP contribution < -0.4 is 5.32 Å². The van der Waals surface area contributed by atoms with Crippen molar-refractivity contribution in [3.05, 3.63) is 71.3 Å². The topological polar surface area (TPSA) is 47.9 Å². The molecule has 172 valence electrons. The van der Waals surface area contributed by atoms with Crippen LogP contribution in [0.1, 0.15) is 48.8 Å². The fraction of sp³-hybridized carbons (Fsp3) is 0.462. The zero-order valence-electron chi connectivity index (χ0n) is 19.2. The standard InChI is InChI=1S/C26H34N4O.HI/c1-20-18-30(15-13-24(20)23-10-4-3-5-11-23)26(27-2)28-17-21-8-6-9-22(16-21)19-29-14-7-12-25(29)31;/h3-6,8-11,16,20,24H,7,12-15,17-19H2,1-2H3,(H,27,28);1H. The van der Waals surface area contributed by atoms with Gasteiger partial charge in [0.05, 0.1) is 0 Å². The minimum Gasteiger partial charge on any atom is -0.352 e. The van der Waals surface area contributed by atoms with Crippen LogP contribution in [0.2, 0.25) is 0 Å². The third-order valence-electron chi connectivity index (χ3n) is 6.63. The number of guanidine groups is 1. The molecule has 5 nitrogen and oxygen atoms in total. The maximum absolute atomic E-state index is 11.9. The number of nitrogens with one attached hydrogen (secondary N) is 1. The molecule has 0 aromatic heterocycles. The van der Waals surface area contributed by atoms with Gasteiger partial charge in [-0.2, -0.15) is 0 Å². The van der Waals surface area contributed by atoms with Crippen molar-refractivity contribution in [2.45, 2.75) is 45.2 Å². The molecule has 2 saturated heterocycles. The molecule has 2 unspecified atom stereocenters. The lowest BCUT2D eigenvalue weighted by atomic mass is 9.82. The molecule has 4 rings (SSSR count). The summed E-state index contributed by atoms with van der Waals surface area (Å²) >= 11 is 0. The molecule has 2 aliphatic rings. The smallest absolute Gasteiger partial charge is 0.222 e. The van der Waals surface area contributed by atoms with Crippen molar-refractivity contribution < 1.29 is 4.79 Å². The van der Waals surface area contributed by atoms with Crippen LogP contribution in [0.3, 0.4) is 0 Å². The number of nitrogens with zero attached hydrogens (tertiary/aromatic N) is 3. The van der Waals surface area contributed by atoms with Crippen LogP contribution in [0, 0.1) is 5.92 Å². The number of amides is 1. The summed E-state index contributed by atoms with van der Waals surface area (Å²) in [4.78, 5) is 20.8. The van der Waals surface area contributed by atoms with Gasteiger partial charge in [0.25, 0.3) is 0 Å². The van der Waals surface area contributed by atoms with Crippen molar-refractivity contribution in [3.63, 3.8) is 0 Å². The van der Waals surface area contributed by atoms with Crippen molar-refractivity contribution in [1.82, 2.24) is 15.1 Å². The summed E-state index contributed by atoms with van der Waals surface area (Å²) in [5.41, 5.74) is 3.87. The fourth-order valence-corrected chi connectivity index (χ4v) is 4.98. The molecule has 0 bridgehead atoms. The minimum atomic E-state index is 0. The minimum absolute atomic E-state index is 0. The van der Waals surface area contributed by atoms with Gasteiger partial charge >= 0.3 is 0 Å². The molecule has 2 aromatic rings. The first-order valence-electron chi connectivity index (χ1n) is 11.5. The van der Waals surface area contributed by atoms with E-state index in [2.05, 4.69) is 76.7 Å². The van der Waals surface area contributed by atoms with Crippen molar-refractivity contribution in [2.24, 2.45) is 10.9 Å². The summed E-state index contributed by atoms with van der Waals surface area (Å²) in [5.74, 6) is 2.44. The second kappa shape index (κ2) is 11.7. The average molecular weight is 546 g/mol. The van der Waals surface area contributed by atoms with Crippen LogP contribution in [-0.4, -0.2) is 48.3 Å². The van der Waals surface area contributed by atoms with E-state index in [1.54, 1.807) is 0 Å². The van der Waals surface area contributed by atoms with Crippen molar-refractivity contribution in [1.29, 1.82) is 0 Å². The third-order valence-corrected chi connectivity index (χ3v) is 6.63. The Morgan fingerprint density at radius 3 is 2.56 bits per heavy atom. The van der Waals surface area contributed by atoms with Gasteiger partial charge in [0.1, 0.15) is 0 Å².